The van der Waals surface area contributed by atoms with Crippen LogP contribution in [0.2, 0.25) is 0 Å². The highest BCUT2D eigenvalue weighted by atomic mass is 79.9. The SMILES string of the molecule is CCNCc1cc(Br)ccc1OCc1c(C)noc1C. The Morgan fingerprint density at radius 2 is 2.15 bits per heavy atom. The fourth-order valence-electron chi connectivity index (χ4n) is 1.94. The summed E-state index contributed by atoms with van der Waals surface area (Å²) in [5, 5.41) is 7.26. The van der Waals surface area contributed by atoms with Crippen LogP contribution < -0.4 is 10.1 Å². The van der Waals surface area contributed by atoms with Crippen molar-refractivity contribution in [1.82, 2.24) is 10.5 Å². The van der Waals surface area contributed by atoms with Gasteiger partial charge in [-0.25, -0.2) is 0 Å². The topological polar surface area (TPSA) is 47.3 Å². The maximum Gasteiger partial charge on any atom is 0.140 e. The van der Waals surface area contributed by atoms with Crippen molar-refractivity contribution in [3.8, 4) is 5.75 Å². The summed E-state index contributed by atoms with van der Waals surface area (Å²) in [6, 6.07) is 6.04. The van der Waals surface area contributed by atoms with Crippen molar-refractivity contribution in [2.24, 2.45) is 0 Å². The maximum atomic E-state index is 5.93. The molecule has 0 saturated carbocycles. The van der Waals surface area contributed by atoms with Gasteiger partial charge < -0.3 is 14.6 Å². The number of hydrogen-bond acceptors (Lipinski definition) is 4. The van der Waals surface area contributed by atoms with E-state index in [0.717, 1.165) is 45.9 Å². The Balaban J connectivity index is 2.12. The molecule has 0 aliphatic carbocycles. The molecule has 0 spiro atoms. The van der Waals surface area contributed by atoms with Crippen LogP contribution in [0.1, 0.15) is 29.5 Å². The Morgan fingerprint density at radius 1 is 1.35 bits per heavy atom. The summed E-state index contributed by atoms with van der Waals surface area (Å²) in [5.41, 5.74) is 3.03. The van der Waals surface area contributed by atoms with Gasteiger partial charge in [-0.2, -0.15) is 0 Å². The van der Waals surface area contributed by atoms with Crippen molar-refractivity contribution in [2.45, 2.75) is 33.9 Å². The molecule has 1 N–H and O–H groups in total. The molecular formula is C15H19BrN2O2. The molecule has 0 radical (unpaired) electrons. The highest BCUT2D eigenvalue weighted by molar-refractivity contribution is 9.10. The number of hydrogen-bond donors (Lipinski definition) is 1. The van der Waals surface area contributed by atoms with E-state index in [4.69, 9.17) is 9.26 Å². The average Bonchev–Trinajstić information content (AvgIpc) is 2.75. The van der Waals surface area contributed by atoms with Crippen molar-refractivity contribution >= 4 is 15.9 Å². The third kappa shape index (κ3) is 3.61. The van der Waals surface area contributed by atoms with Crippen molar-refractivity contribution in [1.29, 1.82) is 0 Å². The predicted octanol–water partition coefficient (Wildman–Crippen LogP) is 3.74. The lowest BCUT2D eigenvalue weighted by atomic mass is 10.2. The van der Waals surface area contributed by atoms with E-state index in [1.165, 1.54) is 0 Å². The summed E-state index contributed by atoms with van der Waals surface area (Å²) in [7, 11) is 0. The van der Waals surface area contributed by atoms with Gasteiger partial charge in [0.05, 0.1) is 11.3 Å². The van der Waals surface area contributed by atoms with Gasteiger partial charge in [0.1, 0.15) is 18.1 Å². The second kappa shape index (κ2) is 6.90. The monoisotopic (exact) mass is 338 g/mol. The Labute approximate surface area is 127 Å². The number of nitrogens with zero attached hydrogens (tertiary/aromatic N) is 1. The van der Waals surface area contributed by atoms with Gasteiger partial charge in [-0.15, -0.1) is 0 Å². The highest BCUT2D eigenvalue weighted by Gasteiger charge is 2.11. The average molecular weight is 339 g/mol. The number of ether oxygens (including phenoxy) is 1. The molecule has 1 heterocycles. The van der Waals surface area contributed by atoms with Gasteiger partial charge in [-0.1, -0.05) is 28.0 Å². The Morgan fingerprint density at radius 3 is 2.80 bits per heavy atom. The minimum Gasteiger partial charge on any atom is -0.488 e. The maximum absolute atomic E-state index is 5.93. The molecular weight excluding hydrogens is 320 g/mol. The second-order valence-corrected chi connectivity index (χ2v) is 5.54. The lowest BCUT2D eigenvalue weighted by molar-refractivity contribution is 0.298. The van der Waals surface area contributed by atoms with Gasteiger partial charge in [0.25, 0.3) is 0 Å². The van der Waals surface area contributed by atoms with Crippen LogP contribution in [0.15, 0.2) is 27.2 Å². The third-order valence-corrected chi connectivity index (χ3v) is 3.63. The van der Waals surface area contributed by atoms with Crippen LogP contribution >= 0.6 is 15.9 Å². The summed E-state index contributed by atoms with van der Waals surface area (Å²) in [6.07, 6.45) is 0. The molecule has 0 amide bonds. The van der Waals surface area contributed by atoms with Gasteiger partial charge in [0.15, 0.2) is 0 Å². The third-order valence-electron chi connectivity index (χ3n) is 3.14. The first-order valence-corrected chi connectivity index (χ1v) is 7.44. The standard InChI is InChI=1S/C15H19BrN2O2/c1-4-17-8-12-7-13(16)5-6-15(12)19-9-14-10(2)18-20-11(14)3/h5-7,17H,4,8-9H2,1-3H3. The van der Waals surface area contributed by atoms with Crippen LogP contribution in [0.4, 0.5) is 0 Å². The highest BCUT2D eigenvalue weighted by Crippen LogP contribution is 2.25. The van der Waals surface area contributed by atoms with Crippen molar-refractivity contribution in [3.63, 3.8) is 0 Å². The second-order valence-electron chi connectivity index (χ2n) is 4.62. The zero-order valence-corrected chi connectivity index (χ0v) is 13.6. The Kier molecular flexibility index (Phi) is 5.20. The van der Waals surface area contributed by atoms with E-state index < -0.39 is 0 Å². The smallest absolute Gasteiger partial charge is 0.140 e. The predicted molar refractivity (Wildman–Crippen MR) is 81.8 cm³/mol. The van der Waals surface area contributed by atoms with Gasteiger partial charge >= 0.3 is 0 Å². The molecule has 0 saturated heterocycles. The summed E-state index contributed by atoms with van der Waals surface area (Å²) >= 11 is 3.49. The molecule has 0 unspecified atom stereocenters. The van der Waals surface area contributed by atoms with E-state index in [9.17, 15) is 0 Å². The molecule has 0 fully saturated rings. The minimum atomic E-state index is 0.474. The van der Waals surface area contributed by atoms with Gasteiger partial charge in [0, 0.05) is 16.6 Å². The zero-order valence-electron chi connectivity index (χ0n) is 12.0. The van der Waals surface area contributed by atoms with Gasteiger partial charge in [-0.3, -0.25) is 0 Å². The van der Waals surface area contributed by atoms with E-state index in [-0.39, 0.29) is 0 Å². The minimum absolute atomic E-state index is 0.474. The molecule has 2 aromatic rings. The zero-order chi connectivity index (χ0) is 14.5. The van der Waals surface area contributed by atoms with E-state index in [1.807, 2.05) is 26.0 Å². The number of aryl methyl sites for hydroxylation is 2. The molecule has 2 rings (SSSR count). The lowest BCUT2D eigenvalue weighted by Gasteiger charge is -2.12. The van der Waals surface area contributed by atoms with Crippen LogP contribution in [0.5, 0.6) is 5.75 Å². The largest absolute Gasteiger partial charge is 0.488 e. The molecule has 0 aliphatic heterocycles. The molecule has 4 nitrogen and oxygen atoms in total. The lowest BCUT2D eigenvalue weighted by Crippen LogP contribution is -2.13. The van der Waals surface area contributed by atoms with E-state index in [2.05, 4.69) is 39.4 Å². The molecule has 0 aliphatic rings. The van der Waals surface area contributed by atoms with Gasteiger partial charge in [-0.05, 0) is 38.6 Å². The van der Waals surface area contributed by atoms with E-state index in [0.29, 0.717) is 6.61 Å². The molecule has 108 valence electrons. The van der Waals surface area contributed by atoms with Crippen molar-refractivity contribution < 1.29 is 9.26 Å². The first kappa shape index (κ1) is 15.1. The first-order chi connectivity index (χ1) is 9.61. The van der Waals surface area contributed by atoms with E-state index in [1.54, 1.807) is 0 Å². The summed E-state index contributed by atoms with van der Waals surface area (Å²) in [5.74, 6) is 1.70. The molecule has 1 aromatic heterocycles. The Hall–Kier alpha value is -1.33. The quantitative estimate of drug-likeness (QED) is 0.871. The van der Waals surface area contributed by atoms with Crippen LogP contribution in [-0.2, 0) is 13.2 Å². The molecule has 0 atom stereocenters. The van der Waals surface area contributed by atoms with Crippen LogP contribution in [0, 0.1) is 13.8 Å². The molecule has 5 heteroatoms. The summed E-state index contributed by atoms with van der Waals surface area (Å²) < 4.78 is 12.1. The number of halogens is 1. The number of rotatable bonds is 6. The van der Waals surface area contributed by atoms with Gasteiger partial charge in [0.2, 0.25) is 0 Å². The van der Waals surface area contributed by atoms with Crippen LogP contribution in [-0.4, -0.2) is 11.7 Å². The normalized spacial score (nSPS) is 10.8. The summed E-state index contributed by atoms with van der Waals surface area (Å²) in [6.45, 7) is 8.10. The molecule has 0 bridgehead atoms. The summed E-state index contributed by atoms with van der Waals surface area (Å²) in [4.78, 5) is 0. The van der Waals surface area contributed by atoms with E-state index >= 15 is 0 Å². The fraction of sp³-hybridized carbons (Fsp3) is 0.400. The number of nitrogens with one attached hydrogen (secondary N) is 1. The Bertz CT molecular complexity index is 562. The van der Waals surface area contributed by atoms with Crippen LogP contribution in [0.25, 0.3) is 0 Å². The number of aromatic nitrogens is 1. The first-order valence-electron chi connectivity index (χ1n) is 6.65. The van der Waals surface area contributed by atoms with Crippen LogP contribution in [0.3, 0.4) is 0 Å². The molecule has 1 aromatic carbocycles. The van der Waals surface area contributed by atoms with Crippen molar-refractivity contribution in [3.05, 3.63) is 45.3 Å². The fourth-order valence-corrected chi connectivity index (χ4v) is 2.35. The molecule has 20 heavy (non-hydrogen) atoms. The number of benzene rings is 1. The van der Waals surface area contributed by atoms with Crippen molar-refractivity contribution in [2.75, 3.05) is 6.54 Å².